The Balaban J connectivity index is 1.74. The number of nitrogens with zero attached hydrogens (tertiary/aromatic N) is 2. The summed E-state index contributed by atoms with van der Waals surface area (Å²) in [5, 5.41) is 10.5. The molecule has 0 aliphatic carbocycles. The third-order valence-electron chi connectivity index (χ3n) is 2.59. The zero-order chi connectivity index (χ0) is 18.1. The molecule has 0 aliphatic rings. The first-order valence-corrected chi connectivity index (χ1v) is 8.04. The van der Waals surface area contributed by atoms with E-state index >= 15 is 0 Å². The van der Waals surface area contributed by atoms with Crippen LogP contribution in [0.1, 0.15) is 17.7 Å². The zero-order valence-electron chi connectivity index (χ0n) is 13.3. The van der Waals surface area contributed by atoms with Crippen LogP contribution in [0.25, 0.3) is 6.08 Å². The Labute approximate surface area is 146 Å². The lowest BCUT2D eigenvalue weighted by Gasteiger charge is -2.01. The minimum Gasteiger partial charge on any atom is -0.466 e. The van der Waals surface area contributed by atoms with Crippen LogP contribution < -0.4 is 5.32 Å². The molecule has 132 valence electrons. The number of amides is 1. The van der Waals surface area contributed by atoms with Gasteiger partial charge < -0.3 is 13.9 Å². The van der Waals surface area contributed by atoms with Crippen LogP contribution in [0.4, 0.5) is 5.13 Å². The number of nitrogens with one attached hydrogen (secondary N) is 1. The van der Waals surface area contributed by atoms with Gasteiger partial charge in [0.25, 0.3) is 5.91 Å². The summed E-state index contributed by atoms with van der Waals surface area (Å²) in [5.74, 6) is -1.19. The number of aromatic nitrogens is 2. The van der Waals surface area contributed by atoms with Crippen molar-refractivity contribution in [2.75, 3.05) is 18.5 Å². The van der Waals surface area contributed by atoms with Gasteiger partial charge in [0.05, 0.1) is 19.3 Å². The molecule has 2 aromatic heterocycles. The third-order valence-corrected chi connectivity index (χ3v) is 3.43. The Morgan fingerprint density at radius 2 is 2.16 bits per heavy atom. The van der Waals surface area contributed by atoms with E-state index in [1.807, 2.05) is 0 Å². The molecule has 1 amide bonds. The average Bonchev–Trinajstić information content (AvgIpc) is 3.23. The van der Waals surface area contributed by atoms with Gasteiger partial charge in [0.1, 0.15) is 10.8 Å². The maximum Gasteiger partial charge on any atom is 0.331 e. The molecule has 0 saturated heterocycles. The monoisotopic (exact) mass is 365 g/mol. The zero-order valence-corrected chi connectivity index (χ0v) is 14.1. The highest BCUT2D eigenvalue weighted by Gasteiger charge is 2.12. The van der Waals surface area contributed by atoms with Crippen molar-refractivity contribution >= 4 is 40.4 Å². The summed E-state index contributed by atoms with van der Waals surface area (Å²) in [6.07, 6.45) is 4.02. The Kier molecular flexibility index (Phi) is 6.84. The van der Waals surface area contributed by atoms with E-state index in [2.05, 4.69) is 15.5 Å². The summed E-state index contributed by atoms with van der Waals surface area (Å²) in [6.45, 7) is 1.50. The van der Waals surface area contributed by atoms with Crippen LogP contribution in [-0.4, -0.2) is 41.3 Å². The van der Waals surface area contributed by atoms with Gasteiger partial charge in [0, 0.05) is 6.08 Å². The number of hydrogen-bond acceptors (Lipinski definition) is 9. The van der Waals surface area contributed by atoms with Crippen molar-refractivity contribution in [3.8, 4) is 0 Å². The van der Waals surface area contributed by atoms with Gasteiger partial charge in [-0.15, -0.1) is 10.2 Å². The van der Waals surface area contributed by atoms with Crippen LogP contribution in [0.3, 0.4) is 0 Å². The molecule has 0 atom stereocenters. The standard InChI is InChI=1S/C15H15N3O6S/c1-2-22-14(21)8-12-17-18-15(25-12)16-11(19)9-24-13(20)6-5-10-4-3-7-23-10/h3-7H,2,8-9H2,1H3,(H,16,18,19)/b6-5+. The number of anilines is 1. The summed E-state index contributed by atoms with van der Waals surface area (Å²) >= 11 is 1.04. The van der Waals surface area contributed by atoms with Gasteiger partial charge in [-0.05, 0) is 25.1 Å². The van der Waals surface area contributed by atoms with Crippen LogP contribution in [-0.2, 0) is 30.3 Å². The molecule has 0 fully saturated rings. The molecule has 9 nitrogen and oxygen atoms in total. The number of carbonyl (C=O) groups excluding carboxylic acids is 3. The smallest absolute Gasteiger partial charge is 0.331 e. The van der Waals surface area contributed by atoms with E-state index in [-0.39, 0.29) is 18.2 Å². The summed E-state index contributed by atoms with van der Waals surface area (Å²) in [6, 6.07) is 3.34. The van der Waals surface area contributed by atoms with Crippen molar-refractivity contribution in [2.24, 2.45) is 0 Å². The molecule has 2 aromatic rings. The molecule has 0 radical (unpaired) electrons. The minimum atomic E-state index is -0.688. The molecule has 1 N–H and O–H groups in total. The molecule has 0 unspecified atom stereocenters. The summed E-state index contributed by atoms with van der Waals surface area (Å²) in [7, 11) is 0. The van der Waals surface area contributed by atoms with Crippen LogP contribution in [0.5, 0.6) is 0 Å². The van der Waals surface area contributed by atoms with Gasteiger partial charge in [0.2, 0.25) is 5.13 Å². The second-order valence-corrected chi connectivity index (χ2v) is 5.55. The third kappa shape index (κ3) is 6.55. The molecule has 0 bridgehead atoms. The number of carbonyl (C=O) groups is 3. The predicted molar refractivity (Wildman–Crippen MR) is 87.6 cm³/mol. The van der Waals surface area contributed by atoms with E-state index in [4.69, 9.17) is 13.9 Å². The fraction of sp³-hybridized carbons (Fsp3) is 0.267. The van der Waals surface area contributed by atoms with E-state index in [9.17, 15) is 14.4 Å². The first-order chi connectivity index (χ1) is 12.1. The lowest BCUT2D eigenvalue weighted by molar-refractivity contribution is -0.142. The fourth-order valence-corrected chi connectivity index (χ4v) is 2.33. The molecule has 0 aliphatic heterocycles. The first-order valence-electron chi connectivity index (χ1n) is 7.23. The maximum absolute atomic E-state index is 11.7. The van der Waals surface area contributed by atoms with E-state index in [0.717, 1.165) is 17.4 Å². The van der Waals surface area contributed by atoms with Crippen molar-refractivity contribution in [1.29, 1.82) is 0 Å². The Bertz CT molecular complexity index is 753. The predicted octanol–water partition coefficient (Wildman–Crippen LogP) is 1.43. The normalized spacial score (nSPS) is 10.6. The van der Waals surface area contributed by atoms with Gasteiger partial charge in [-0.25, -0.2) is 4.79 Å². The number of hydrogen-bond donors (Lipinski definition) is 1. The largest absolute Gasteiger partial charge is 0.466 e. The highest BCUT2D eigenvalue weighted by Crippen LogP contribution is 2.15. The van der Waals surface area contributed by atoms with E-state index in [1.165, 1.54) is 12.3 Å². The van der Waals surface area contributed by atoms with Crippen molar-refractivity contribution < 1.29 is 28.3 Å². The van der Waals surface area contributed by atoms with Crippen LogP contribution in [0, 0.1) is 0 Å². The van der Waals surface area contributed by atoms with Crippen molar-refractivity contribution in [3.05, 3.63) is 35.2 Å². The van der Waals surface area contributed by atoms with Crippen LogP contribution >= 0.6 is 11.3 Å². The quantitative estimate of drug-likeness (QED) is 0.551. The number of furan rings is 1. The van der Waals surface area contributed by atoms with Crippen molar-refractivity contribution in [3.63, 3.8) is 0 Å². The summed E-state index contributed by atoms with van der Waals surface area (Å²) in [5.41, 5.74) is 0. The summed E-state index contributed by atoms with van der Waals surface area (Å²) < 4.78 is 14.6. The Hall–Kier alpha value is -3.01. The second kappa shape index (κ2) is 9.33. The molecule has 0 aromatic carbocycles. The molecule has 2 rings (SSSR count). The molecule has 0 spiro atoms. The molecular weight excluding hydrogens is 350 g/mol. The fourth-order valence-electron chi connectivity index (χ4n) is 1.59. The lowest BCUT2D eigenvalue weighted by Crippen LogP contribution is -2.20. The molecule has 10 heteroatoms. The molecular formula is C15H15N3O6S. The molecule has 0 saturated carbocycles. The Morgan fingerprint density at radius 1 is 1.32 bits per heavy atom. The minimum absolute atomic E-state index is 0.0199. The first kappa shape index (κ1) is 18.3. The van der Waals surface area contributed by atoms with Crippen molar-refractivity contribution in [2.45, 2.75) is 13.3 Å². The number of rotatable bonds is 8. The van der Waals surface area contributed by atoms with Gasteiger partial charge in [-0.2, -0.15) is 0 Å². The topological polar surface area (TPSA) is 121 Å². The lowest BCUT2D eigenvalue weighted by atomic mass is 10.4. The highest BCUT2D eigenvalue weighted by molar-refractivity contribution is 7.15. The van der Waals surface area contributed by atoms with E-state index in [0.29, 0.717) is 10.8 Å². The SMILES string of the molecule is CCOC(=O)Cc1nnc(NC(=O)COC(=O)/C=C/c2ccco2)s1. The Morgan fingerprint density at radius 3 is 2.88 bits per heavy atom. The van der Waals surface area contributed by atoms with Crippen molar-refractivity contribution in [1.82, 2.24) is 10.2 Å². The molecule has 2 heterocycles. The summed E-state index contributed by atoms with van der Waals surface area (Å²) in [4.78, 5) is 34.5. The van der Waals surface area contributed by atoms with Gasteiger partial charge in [0.15, 0.2) is 6.61 Å². The maximum atomic E-state index is 11.7. The highest BCUT2D eigenvalue weighted by atomic mass is 32.1. The number of ether oxygens (including phenoxy) is 2. The average molecular weight is 365 g/mol. The van der Waals surface area contributed by atoms with Gasteiger partial charge >= 0.3 is 11.9 Å². The second-order valence-electron chi connectivity index (χ2n) is 4.49. The number of esters is 2. The van der Waals surface area contributed by atoms with E-state index < -0.39 is 24.5 Å². The van der Waals surface area contributed by atoms with E-state index in [1.54, 1.807) is 19.1 Å². The van der Waals surface area contributed by atoms with Crippen LogP contribution in [0.15, 0.2) is 28.9 Å². The van der Waals surface area contributed by atoms with Crippen LogP contribution in [0.2, 0.25) is 0 Å². The van der Waals surface area contributed by atoms with Gasteiger partial charge in [-0.1, -0.05) is 11.3 Å². The molecule has 25 heavy (non-hydrogen) atoms. The van der Waals surface area contributed by atoms with Gasteiger partial charge in [-0.3, -0.25) is 14.9 Å².